The van der Waals surface area contributed by atoms with Crippen molar-refractivity contribution in [3.05, 3.63) is 71.1 Å². The van der Waals surface area contributed by atoms with Gasteiger partial charge in [-0.15, -0.1) is 21.5 Å². The molecule has 0 aliphatic rings. The van der Waals surface area contributed by atoms with E-state index in [0.29, 0.717) is 34.3 Å². The van der Waals surface area contributed by atoms with E-state index in [9.17, 15) is 9.18 Å². The molecule has 0 aliphatic carbocycles. The first-order valence-electron chi connectivity index (χ1n) is 11.6. The number of aromatic nitrogens is 4. The SMILES string of the molecule is Cc1sc(NC(=O)CSc2nnc(C(C)Oc3ccc(F)cc3)n2CC(C)C)nc1-c1ccccc1. The van der Waals surface area contributed by atoms with E-state index in [1.807, 2.05) is 48.7 Å². The van der Waals surface area contributed by atoms with Crippen LogP contribution in [0.3, 0.4) is 0 Å². The van der Waals surface area contributed by atoms with Gasteiger partial charge in [-0.05, 0) is 44.0 Å². The molecule has 0 radical (unpaired) electrons. The minimum absolute atomic E-state index is 0.162. The lowest BCUT2D eigenvalue weighted by Crippen LogP contribution is -2.17. The highest BCUT2D eigenvalue weighted by molar-refractivity contribution is 7.99. The first kappa shape index (κ1) is 25.8. The minimum atomic E-state index is -0.403. The van der Waals surface area contributed by atoms with E-state index in [4.69, 9.17) is 4.74 Å². The Balaban J connectivity index is 1.42. The predicted octanol–water partition coefficient (Wildman–Crippen LogP) is 6.38. The number of aryl methyl sites for hydroxylation is 1. The second-order valence-corrected chi connectivity index (χ2v) is 10.8. The van der Waals surface area contributed by atoms with Gasteiger partial charge in [0, 0.05) is 17.0 Å². The van der Waals surface area contributed by atoms with Crippen molar-refractivity contribution in [1.29, 1.82) is 0 Å². The summed E-state index contributed by atoms with van der Waals surface area (Å²) in [6, 6.07) is 15.8. The fourth-order valence-electron chi connectivity index (χ4n) is 3.61. The van der Waals surface area contributed by atoms with Gasteiger partial charge in [0.1, 0.15) is 11.6 Å². The lowest BCUT2D eigenvalue weighted by atomic mass is 10.1. The zero-order valence-corrected chi connectivity index (χ0v) is 22.2. The zero-order chi connectivity index (χ0) is 25.7. The Morgan fingerprint density at radius 1 is 1.11 bits per heavy atom. The summed E-state index contributed by atoms with van der Waals surface area (Å²) < 4.78 is 21.2. The third kappa shape index (κ3) is 6.50. The first-order chi connectivity index (χ1) is 17.3. The average Bonchev–Trinajstić information content (AvgIpc) is 3.42. The fourth-order valence-corrected chi connectivity index (χ4v) is 5.22. The van der Waals surface area contributed by atoms with Crippen molar-refractivity contribution in [2.75, 3.05) is 11.1 Å². The van der Waals surface area contributed by atoms with Crippen LogP contribution in [0.4, 0.5) is 9.52 Å². The van der Waals surface area contributed by atoms with E-state index in [-0.39, 0.29) is 17.5 Å². The molecular formula is C26H28FN5O2S2. The summed E-state index contributed by atoms with van der Waals surface area (Å²) in [5, 5.41) is 12.8. The molecule has 0 aliphatic heterocycles. The minimum Gasteiger partial charge on any atom is -0.483 e. The van der Waals surface area contributed by atoms with Crippen LogP contribution < -0.4 is 10.1 Å². The standard InChI is InChI=1S/C26H28FN5O2S2/c1-16(2)14-32-24(17(3)34-21-12-10-20(27)11-13-21)30-31-26(32)35-15-22(33)28-25-29-23(18(4)36-25)19-8-6-5-7-9-19/h5-13,16-17H,14-15H2,1-4H3,(H,28,29,33). The number of nitrogens with one attached hydrogen (secondary N) is 1. The van der Waals surface area contributed by atoms with Gasteiger partial charge in [-0.3, -0.25) is 4.79 Å². The molecule has 4 aromatic rings. The van der Waals surface area contributed by atoms with Crippen molar-refractivity contribution in [3.63, 3.8) is 0 Å². The third-order valence-electron chi connectivity index (χ3n) is 5.21. The fraction of sp³-hybridized carbons (Fsp3) is 0.308. The molecular weight excluding hydrogens is 497 g/mol. The van der Waals surface area contributed by atoms with Gasteiger partial charge in [0.25, 0.3) is 0 Å². The molecule has 0 spiro atoms. The van der Waals surface area contributed by atoms with Crippen molar-refractivity contribution in [2.45, 2.75) is 45.5 Å². The molecule has 0 bridgehead atoms. The average molecular weight is 526 g/mol. The molecule has 2 heterocycles. The highest BCUT2D eigenvalue weighted by atomic mass is 32.2. The van der Waals surface area contributed by atoms with Crippen molar-refractivity contribution in [3.8, 4) is 17.0 Å². The van der Waals surface area contributed by atoms with E-state index in [1.165, 1.54) is 35.2 Å². The van der Waals surface area contributed by atoms with E-state index < -0.39 is 6.10 Å². The van der Waals surface area contributed by atoms with Gasteiger partial charge >= 0.3 is 0 Å². The van der Waals surface area contributed by atoms with E-state index in [0.717, 1.165) is 16.1 Å². The second-order valence-electron chi connectivity index (χ2n) is 8.69. The van der Waals surface area contributed by atoms with Gasteiger partial charge < -0.3 is 14.6 Å². The van der Waals surface area contributed by atoms with Crippen LogP contribution >= 0.6 is 23.1 Å². The van der Waals surface area contributed by atoms with Gasteiger partial charge in [-0.1, -0.05) is 55.9 Å². The van der Waals surface area contributed by atoms with Crippen LogP contribution in [0.25, 0.3) is 11.3 Å². The lowest BCUT2D eigenvalue weighted by Gasteiger charge is -2.17. The highest BCUT2D eigenvalue weighted by Gasteiger charge is 2.21. The number of anilines is 1. The lowest BCUT2D eigenvalue weighted by molar-refractivity contribution is -0.113. The van der Waals surface area contributed by atoms with Crippen LogP contribution in [0.15, 0.2) is 59.8 Å². The van der Waals surface area contributed by atoms with E-state index in [2.05, 4.69) is 34.3 Å². The Labute approximate surface area is 218 Å². The molecule has 2 aromatic heterocycles. The van der Waals surface area contributed by atoms with E-state index >= 15 is 0 Å². The maximum atomic E-state index is 13.2. The monoisotopic (exact) mass is 525 g/mol. The van der Waals surface area contributed by atoms with Crippen LogP contribution in [-0.2, 0) is 11.3 Å². The number of carbonyl (C=O) groups excluding carboxylic acids is 1. The number of amides is 1. The summed E-state index contributed by atoms with van der Waals surface area (Å²) >= 11 is 2.77. The molecule has 7 nitrogen and oxygen atoms in total. The van der Waals surface area contributed by atoms with Crippen LogP contribution in [0.2, 0.25) is 0 Å². The number of hydrogen-bond acceptors (Lipinski definition) is 7. The summed E-state index contributed by atoms with van der Waals surface area (Å²) in [6.45, 7) is 8.75. The van der Waals surface area contributed by atoms with Crippen LogP contribution in [0.1, 0.15) is 37.6 Å². The summed E-state index contributed by atoms with van der Waals surface area (Å²) in [4.78, 5) is 18.4. The van der Waals surface area contributed by atoms with E-state index in [1.54, 1.807) is 12.1 Å². The van der Waals surface area contributed by atoms with Crippen LogP contribution in [0, 0.1) is 18.7 Å². The second kappa shape index (κ2) is 11.7. The number of halogens is 1. The van der Waals surface area contributed by atoms with Crippen molar-refractivity contribution in [1.82, 2.24) is 19.7 Å². The number of rotatable bonds is 10. The quantitative estimate of drug-likeness (QED) is 0.242. The number of thiazole rings is 1. The molecule has 0 saturated heterocycles. The molecule has 1 amide bonds. The smallest absolute Gasteiger partial charge is 0.236 e. The van der Waals surface area contributed by atoms with Crippen molar-refractivity contribution < 1.29 is 13.9 Å². The van der Waals surface area contributed by atoms with Gasteiger partial charge in [-0.2, -0.15) is 0 Å². The Hall–Kier alpha value is -3.24. The molecule has 0 saturated carbocycles. The number of carbonyl (C=O) groups is 1. The Morgan fingerprint density at radius 3 is 2.53 bits per heavy atom. The number of hydrogen-bond donors (Lipinski definition) is 1. The van der Waals surface area contributed by atoms with Crippen LogP contribution in [-0.4, -0.2) is 31.4 Å². The molecule has 36 heavy (non-hydrogen) atoms. The summed E-state index contributed by atoms with van der Waals surface area (Å²) in [5.41, 5.74) is 1.90. The molecule has 4 rings (SSSR count). The summed E-state index contributed by atoms with van der Waals surface area (Å²) in [6.07, 6.45) is -0.403. The maximum Gasteiger partial charge on any atom is 0.236 e. The number of thioether (sulfide) groups is 1. The number of ether oxygens (including phenoxy) is 1. The Kier molecular flexibility index (Phi) is 8.37. The first-order valence-corrected chi connectivity index (χ1v) is 13.4. The molecule has 188 valence electrons. The van der Waals surface area contributed by atoms with Crippen LogP contribution in [0.5, 0.6) is 5.75 Å². The molecule has 2 aromatic carbocycles. The zero-order valence-electron chi connectivity index (χ0n) is 20.6. The van der Waals surface area contributed by atoms with Crippen molar-refractivity contribution >= 4 is 34.1 Å². The van der Waals surface area contributed by atoms with Gasteiger partial charge in [0.05, 0.1) is 11.4 Å². The molecule has 10 heteroatoms. The number of benzene rings is 2. The highest BCUT2D eigenvalue weighted by Crippen LogP contribution is 2.31. The van der Waals surface area contributed by atoms with Gasteiger partial charge in [0.2, 0.25) is 5.91 Å². The molecule has 0 fully saturated rings. The topological polar surface area (TPSA) is 81.9 Å². The third-order valence-corrected chi connectivity index (χ3v) is 7.06. The molecule has 1 N–H and O–H groups in total. The molecule has 1 atom stereocenters. The molecule has 1 unspecified atom stereocenters. The Morgan fingerprint density at radius 2 is 1.83 bits per heavy atom. The largest absolute Gasteiger partial charge is 0.483 e. The van der Waals surface area contributed by atoms with Gasteiger partial charge in [0.15, 0.2) is 22.2 Å². The summed E-state index contributed by atoms with van der Waals surface area (Å²) in [7, 11) is 0. The van der Waals surface area contributed by atoms with Crippen molar-refractivity contribution in [2.24, 2.45) is 5.92 Å². The predicted molar refractivity (Wildman–Crippen MR) is 142 cm³/mol. The maximum absolute atomic E-state index is 13.2. The summed E-state index contributed by atoms with van der Waals surface area (Å²) in [5.74, 6) is 1.22. The Bertz CT molecular complexity index is 1310. The number of nitrogens with zero attached hydrogens (tertiary/aromatic N) is 4. The normalized spacial score (nSPS) is 12.1. The van der Waals surface area contributed by atoms with Gasteiger partial charge in [-0.25, -0.2) is 9.37 Å².